The molecule has 1 amide bonds. The first kappa shape index (κ1) is 22.5. The molecule has 0 fully saturated rings. The maximum atomic E-state index is 13.2. The molecular formula is C20H25FN2O5S. The number of hydrogen-bond acceptors (Lipinski definition) is 5. The van der Waals surface area contributed by atoms with Gasteiger partial charge >= 0.3 is 0 Å². The molecule has 0 aliphatic heterocycles. The molecule has 7 nitrogen and oxygen atoms in total. The summed E-state index contributed by atoms with van der Waals surface area (Å²) in [6, 6.07) is 10.5. The van der Waals surface area contributed by atoms with E-state index >= 15 is 0 Å². The van der Waals surface area contributed by atoms with E-state index in [1.807, 2.05) is 0 Å². The molecule has 1 N–H and O–H groups in total. The molecule has 9 heteroatoms. The van der Waals surface area contributed by atoms with Crippen LogP contribution in [0.3, 0.4) is 0 Å². The molecule has 2 atom stereocenters. The Bertz CT molecular complexity index is 917. The van der Waals surface area contributed by atoms with Gasteiger partial charge in [0.25, 0.3) is 0 Å². The van der Waals surface area contributed by atoms with Gasteiger partial charge in [-0.25, -0.2) is 12.8 Å². The highest BCUT2D eigenvalue weighted by Crippen LogP contribution is 2.21. The van der Waals surface area contributed by atoms with Crippen LogP contribution in [0.2, 0.25) is 0 Å². The van der Waals surface area contributed by atoms with Crippen molar-refractivity contribution in [1.82, 2.24) is 5.32 Å². The van der Waals surface area contributed by atoms with E-state index < -0.39 is 27.8 Å². The largest absolute Gasteiger partial charge is 0.497 e. The van der Waals surface area contributed by atoms with Gasteiger partial charge in [0.1, 0.15) is 30.0 Å². The first-order chi connectivity index (χ1) is 13.6. The Balaban J connectivity index is 2.01. The number of anilines is 1. The van der Waals surface area contributed by atoms with Gasteiger partial charge in [0.05, 0.1) is 25.1 Å². The van der Waals surface area contributed by atoms with Gasteiger partial charge in [-0.1, -0.05) is 0 Å². The van der Waals surface area contributed by atoms with Crippen LogP contribution in [0.15, 0.2) is 48.5 Å². The Hall–Kier alpha value is -2.81. The molecule has 0 aliphatic carbocycles. The molecule has 0 heterocycles. The monoisotopic (exact) mass is 424 g/mol. The summed E-state index contributed by atoms with van der Waals surface area (Å²) >= 11 is 0. The SMILES string of the molecule is COc1ccc(OCC(C)NC(=O)C(C)N(c2ccc(F)cc2)S(C)(=O)=O)cc1. The van der Waals surface area contributed by atoms with Crippen LogP contribution in [0.1, 0.15) is 13.8 Å². The predicted octanol–water partition coefficient (Wildman–Crippen LogP) is 2.57. The van der Waals surface area contributed by atoms with E-state index in [0.717, 1.165) is 22.7 Å². The zero-order valence-electron chi connectivity index (χ0n) is 16.8. The molecule has 29 heavy (non-hydrogen) atoms. The Morgan fingerprint density at radius 3 is 2.14 bits per heavy atom. The molecule has 0 saturated heterocycles. The van der Waals surface area contributed by atoms with Crippen LogP contribution in [0.5, 0.6) is 11.5 Å². The van der Waals surface area contributed by atoms with E-state index in [4.69, 9.17) is 9.47 Å². The fourth-order valence-corrected chi connectivity index (χ4v) is 3.87. The Kier molecular flexibility index (Phi) is 7.44. The summed E-state index contributed by atoms with van der Waals surface area (Å²) < 4.78 is 49.3. The number of methoxy groups -OCH3 is 1. The van der Waals surface area contributed by atoms with E-state index in [0.29, 0.717) is 11.5 Å². The summed E-state index contributed by atoms with van der Waals surface area (Å²) in [5.41, 5.74) is 0.207. The van der Waals surface area contributed by atoms with Crippen LogP contribution in [0.4, 0.5) is 10.1 Å². The number of hydrogen-bond donors (Lipinski definition) is 1. The molecule has 2 unspecified atom stereocenters. The van der Waals surface area contributed by atoms with Gasteiger partial charge in [-0.05, 0) is 62.4 Å². The van der Waals surface area contributed by atoms with Crippen molar-refractivity contribution in [3.63, 3.8) is 0 Å². The second kappa shape index (κ2) is 9.60. The first-order valence-electron chi connectivity index (χ1n) is 8.94. The molecule has 0 bridgehead atoms. The van der Waals surface area contributed by atoms with Crippen LogP contribution < -0.4 is 19.1 Å². The van der Waals surface area contributed by atoms with Crippen molar-refractivity contribution in [3.05, 3.63) is 54.3 Å². The van der Waals surface area contributed by atoms with Crippen molar-refractivity contribution in [2.45, 2.75) is 25.9 Å². The van der Waals surface area contributed by atoms with E-state index in [-0.39, 0.29) is 18.3 Å². The van der Waals surface area contributed by atoms with E-state index in [1.54, 1.807) is 38.3 Å². The van der Waals surface area contributed by atoms with Gasteiger partial charge in [-0.3, -0.25) is 9.10 Å². The lowest BCUT2D eigenvalue weighted by atomic mass is 10.2. The van der Waals surface area contributed by atoms with Crippen LogP contribution in [0, 0.1) is 5.82 Å². The normalized spacial score (nSPS) is 13.3. The number of carbonyl (C=O) groups excluding carboxylic acids is 1. The zero-order valence-corrected chi connectivity index (χ0v) is 17.6. The summed E-state index contributed by atoms with van der Waals surface area (Å²) in [7, 11) is -2.20. The zero-order chi connectivity index (χ0) is 21.6. The maximum Gasteiger partial charge on any atom is 0.243 e. The highest BCUT2D eigenvalue weighted by Gasteiger charge is 2.29. The Morgan fingerprint density at radius 1 is 1.07 bits per heavy atom. The van der Waals surface area contributed by atoms with Crippen LogP contribution in [0.25, 0.3) is 0 Å². The van der Waals surface area contributed by atoms with Crippen molar-refractivity contribution in [2.24, 2.45) is 0 Å². The number of carbonyl (C=O) groups is 1. The van der Waals surface area contributed by atoms with Crippen molar-refractivity contribution in [2.75, 3.05) is 24.3 Å². The molecule has 0 aliphatic rings. The summed E-state index contributed by atoms with van der Waals surface area (Å²) in [4.78, 5) is 12.6. The van der Waals surface area contributed by atoms with Crippen molar-refractivity contribution in [1.29, 1.82) is 0 Å². The average Bonchev–Trinajstić information content (AvgIpc) is 2.67. The number of benzene rings is 2. The summed E-state index contributed by atoms with van der Waals surface area (Å²) in [6.07, 6.45) is 0.996. The molecule has 0 spiro atoms. The molecule has 0 aromatic heterocycles. The first-order valence-corrected chi connectivity index (χ1v) is 10.8. The number of ether oxygens (including phenoxy) is 2. The second-order valence-corrected chi connectivity index (χ2v) is 8.47. The third-order valence-electron chi connectivity index (χ3n) is 4.12. The van der Waals surface area contributed by atoms with Crippen LogP contribution >= 0.6 is 0 Å². The number of halogens is 1. The minimum Gasteiger partial charge on any atom is -0.497 e. The summed E-state index contributed by atoms with van der Waals surface area (Å²) in [5, 5.41) is 2.74. The minimum atomic E-state index is -3.77. The molecular weight excluding hydrogens is 399 g/mol. The standard InChI is InChI=1S/C20H25FN2O5S/c1-14(13-28-19-11-9-18(27-3)10-12-19)22-20(24)15(2)23(29(4,25)26)17-7-5-16(21)6-8-17/h5-12,14-15H,13H2,1-4H3,(H,22,24). The topological polar surface area (TPSA) is 84.9 Å². The van der Waals surface area contributed by atoms with Gasteiger partial charge < -0.3 is 14.8 Å². The Morgan fingerprint density at radius 2 is 1.62 bits per heavy atom. The lowest BCUT2D eigenvalue weighted by Crippen LogP contribution is -2.50. The lowest BCUT2D eigenvalue weighted by molar-refractivity contribution is -0.122. The minimum absolute atomic E-state index is 0.195. The van der Waals surface area contributed by atoms with Gasteiger partial charge in [-0.2, -0.15) is 0 Å². The van der Waals surface area contributed by atoms with Crippen LogP contribution in [-0.4, -0.2) is 46.4 Å². The number of nitrogens with one attached hydrogen (secondary N) is 1. The van der Waals surface area contributed by atoms with E-state index in [9.17, 15) is 17.6 Å². The Labute approximate surface area is 170 Å². The van der Waals surface area contributed by atoms with E-state index in [1.165, 1.54) is 19.1 Å². The molecule has 2 rings (SSSR count). The fourth-order valence-electron chi connectivity index (χ4n) is 2.70. The summed E-state index contributed by atoms with van der Waals surface area (Å²) in [6.45, 7) is 3.41. The van der Waals surface area contributed by atoms with Crippen molar-refractivity contribution >= 4 is 21.6 Å². The number of rotatable bonds is 9. The van der Waals surface area contributed by atoms with Gasteiger partial charge in [0.15, 0.2) is 0 Å². The smallest absolute Gasteiger partial charge is 0.243 e. The van der Waals surface area contributed by atoms with Crippen molar-refractivity contribution < 1.29 is 27.1 Å². The fraction of sp³-hybridized carbons (Fsp3) is 0.350. The quantitative estimate of drug-likeness (QED) is 0.669. The molecule has 2 aromatic rings. The summed E-state index contributed by atoms with van der Waals surface area (Å²) in [5.74, 6) is 0.326. The number of amides is 1. The average molecular weight is 424 g/mol. The second-order valence-electron chi connectivity index (χ2n) is 6.61. The maximum absolute atomic E-state index is 13.2. The van der Waals surface area contributed by atoms with Crippen molar-refractivity contribution in [3.8, 4) is 11.5 Å². The molecule has 2 aromatic carbocycles. The molecule has 0 radical (unpaired) electrons. The van der Waals surface area contributed by atoms with Crippen LogP contribution in [-0.2, 0) is 14.8 Å². The molecule has 158 valence electrons. The third kappa shape index (κ3) is 6.35. The van der Waals surface area contributed by atoms with Gasteiger partial charge in [0, 0.05) is 0 Å². The van der Waals surface area contributed by atoms with Gasteiger partial charge in [-0.15, -0.1) is 0 Å². The predicted molar refractivity (Wildman–Crippen MR) is 109 cm³/mol. The highest BCUT2D eigenvalue weighted by molar-refractivity contribution is 7.92. The lowest BCUT2D eigenvalue weighted by Gasteiger charge is -2.29. The van der Waals surface area contributed by atoms with E-state index in [2.05, 4.69) is 5.32 Å². The number of sulfonamides is 1. The third-order valence-corrected chi connectivity index (χ3v) is 5.36. The number of nitrogens with zero attached hydrogens (tertiary/aromatic N) is 1. The highest BCUT2D eigenvalue weighted by atomic mass is 32.2. The molecule has 0 saturated carbocycles. The van der Waals surface area contributed by atoms with Gasteiger partial charge in [0.2, 0.25) is 15.9 Å².